The van der Waals surface area contributed by atoms with E-state index in [1.165, 1.54) is 49.5 Å². The molecule has 0 bridgehead atoms. The van der Waals surface area contributed by atoms with E-state index in [1.54, 1.807) is 24.3 Å². The van der Waals surface area contributed by atoms with Crippen molar-refractivity contribution in [1.29, 1.82) is 0 Å². The van der Waals surface area contributed by atoms with Gasteiger partial charge in [0.1, 0.15) is 11.5 Å². The Morgan fingerprint density at radius 2 is 1.71 bits per heavy atom. The first-order valence-corrected chi connectivity index (χ1v) is 12.3. The minimum Gasteiger partial charge on any atom is -0.378 e. The van der Waals surface area contributed by atoms with Crippen LogP contribution in [0, 0.1) is 5.82 Å². The molecule has 4 rings (SSSR count). The van der Waals surface area contributed by atoms with Gasteiger partial charge in [0, 0.05) is 44.3 Å². The number of amides is 2. The van der Waals surface area contributed by atoms with Gasteiger partial charge < -0.3 is 15.0 Å². The topological polar surface area (TPSA) is 101 Å². The maximum Gasteiger partial charge on any atom is 0.307 e. The highest BCUT2D eigenvalue weighted by Crippen LogP contribution is 2.26. The third-order valence-corrected chi connectivity index (χ3v) is 7.34. The van der Waals surface area contributed by atoms with Gasteiger partial charge in [-0.2, -0.15) is 12.7 Å². The Morgan fingerprint density at radius 3 is 2.40 bits per heavy atom. The number of para-hydroxylation sites is 1. The molecule has 0 aliphatic carbocycles. The molecule has 184 valence electrons. The lowest BCUT2D eigenvalue weighted by Crippen LogP contribution is -2.44. The monoisotopic (exact) mass is 500 g/mol. The zero-order chi connectivity index (χ0) is 25.2. The maximum atomic E-state index is 14.2. The quantitative estimate of drug-likeness (QED) is 0.523. The van der Waals surface area contributed by atoms with Crippen molar-refractivity contribution in [3.8, 4) is 0 Å². The second-order valence-electron chi connectivity index (χ2n) is 8.08. The molecule has 3 aromatic rings. The normalized spacial score (nSPS) is 15.0. The van der Waals surface area contributed by atoms with Crippen LogP contribution in [-0.4, -0.2) is 73.8 Å². The Labute approximate surface area is 202 Å². The number of ether oxygens (including phenoxy) is 1. The van der Waals surface area contributed by atoms with Gasteiger partial charge in [0.05, 0.1) is 24.3 Å². The molecule has 0 saturated carbocycles. The average Bonchev–Trinajstić information content (AvgIpc) is 3.23. The third kappa shape index (κ3) is 4.97. The largest absolute Gasteiger partial charge is 0.378 e. The summed E-state index contributed by atoms with van der Waals surface area (Å²) in [5.74, 6) is -2.00. The van der Waals surface area contributed by atoms with Crippen LogP contribution in [0.2, 0.25) is 0 Å². The van der Waals surface area contributed by atoms with E-state index in [1.807, 2.05) is 0 Å². The van der Waals surface area contributed by atoms with Gasteiger partial charge in [-0.15, -0.1) is 0 Å². The summed E-state index contributed by atoms with van der Waals surface area (Å²) in [7, 11) is -1.02. The molecular formula is C24H25FN4O5S. The number of carbonyl (C=O) groups excluding carboxylic acids is 2. The number of hydrogen-bond donors (Lipinski definition) is 1. The van der Waals surface area contributed by atoms with E-state index in [2.05, 4.69) is 5.32 Å². The molecule has 1 aromatic heterocycles. The molecule has 0 unspecified atom stereocenters. The summed E-state index contributed by atoms with van der Waals surface area (Å²) in [6.45, 7) is 1.34. The van der Waals surface area contributed by atoms with Gasteiger partial charge in [-0.05, 0) is 24.3 Å². The minimum atomic E-state index is -3.86. The summed E-state index contributed by atoms with van der Waals surface area (Å²) in [4.78, 5) is 27.8. The van der Waals surface area contributed by atoms with Crippen LogP contribution >= 0.6 is 0 Å². The molecule has 1 fully saturated rings. The Bertz CT molecular complexity index is 1410. The van der Waals surface area contributed by atoms with E-state index < -0.39 is 27.8 Å². The van der Waals surface area contributed by atoms with Crippen LogP contribution in [0.5, 0.6) is 0 Å². The lowest BCUT2D eigenvalue weighted by molar-refractivity contribution is -0.131. The molecule has 9 nitrogen and oxygen atoms in total. The fraction of sp³-hybridized carbons (Fsp3) is 0.250. The third-order valence-electron chi connectivity index (χ3n) is 5.61. The van der Waals surface area contributed by atoms with Crippen LogP contribution < -0.4 is 5.32 Å². The highest BCUT2D eigenvalue weighted by atomic mass is 32.2. The van der Waals surface area contributed by atoms with Gasteiger partial charge in [-0.1, -0.05) is 30.3 Å². The highest BCUT2D eigenvalue weighted by Gasteiger charge is 2.25. The van der Waals surface area contributed by atoms with E-state index in [0.717, 1.165) is 14.3 Å². The fourth-order valence-corrected chi connectivity index (χ4v) is 4.74. The summed E-state index contributed by atoms with van der Waals surface area (Å²) in [6, 6.07) is 12.3. The molecule has 0 atom stereocenters. The molecule has 2 heterocycles. The van der Waals surface area contributed by atoms with Crippen molar-refractivity contribution < 1.29 is 27.1 Å². The number of fused-ring (bicyclic) bond motifs is 1. The van der Waals surface area contributed by atoms with Gasteiger partial charge in [0.15, 0.2) is 0 Å². The van der Waals surface area contributed by atoms with E-state index in [0.29, 0.717) is 42.8 Å². The standard InChI is InChI=1S/C24H25FN4O5S/c1-27(2)35(32,33)29-16-17(18-7-4-6-10-22(18)29)15-21(24(31)28-11-13-34-14-12-28)26-23(30)19-8-3-5-9-20(19)25/h3-10,15-16H,11-14H2,1-2H3,(H,26,30)/b21-15-. The first kappa shape index (κ1) is 24.6. The molecule has 35 heavy (non-hydrogen) atoms. The van der Waals surface area contributed by atoms with Crippen molar-refractivity contribution in [1.82, 2.24) is 18.5 Å². The number of benzene rings is 2. The predicted molar refractivity (Wildman–Crippen MR) is 129 cm³/mol. The minimum absolute atomic E-state index is 0.106. The summed E-state index contributed by atoms with van der Waals surface area (Å²) < 4.78 is 47.5. The second-order valence-corrected chi connectivity index (χ2v) is 10.1. The van der Waals surface area contributed by atoms with Crippen LogP contribution in [0.25, 0.3) is 17.0 Å². The van der Waals surface area contributed by atoms with E-state index in [4.69, 9.17) is 4.74 Å². The van der Waals surface area contributed by atoms with Crippen molar-refractivity contribution in [2.24, 2.45) is 0 Å². The molecule has 2 aromatic carbocycles. The maximum absolute atomic E-state index is 14.2. The molecule has 1 aliphatic heterocycles. The van der Waals surface area contributed by atoms with Crippen molar-refractivity contribution in [2.75, 3.05) is 40.4 Å². The van der Waals surface area contributed by atoms with Crippen molar-refractivity contribution in [3.05, 3.63) is 77.4 Å². The number of carbonyl (C=O) groups is 2. The van der Waals surface area contributed by atoms with Gasteiger partial charge in [0.2, 0.25) is 0 Å². The molecule has 2 amide bonds. The van der Waals surface area contributed by atoms with E-state index in [-0.39, 0.29) is 11.3 Å². The van der Waals surface area contributed by atoms with Crippen LogP contribution in [0.1, 0.15) is 15.9 Å². The zero-order valence-corrected chi connectivity index (χ0v) is 20.1. The van der Waals surface area contributed by atoms with Gasteiger partial charge in [-0.25, -0.2) is 8.36 Å². The number of nitrogens with one attached hydrogen (secondary N) is 1. The Balaban J connectivity index is 1.82. The Morgan fingerprint density at radius 1 is 1.06 bits per heavy atom. The number of halogens is 1. The van der Waals surface area contributed by atoms with E-state index in [9.17, 15) is 22.4 Å². The first-order valence-electron chi connectivity index (χ1n) is 10.9. The molecule has 11 heteroatoms. The summed E-state index contributed by atoms with van der Waals surface area (Å²) in [5.41, 5.74) is 0.485. The summed E-state index contributed by atoms with van der Waals surface area (Å²) >= 11 is 0. The SMILES string of the molecule is CN(C)S(=O)(=O)n1cc(/C=C(\NC(=O)c2ccccc2F)C(=O)N2CCOCC2)c2ccccc21. The number of nitrogens with zero attached hydrogens (tertiary/aromatic N) is 3. The van der Waals surface area contributed by atoms with Gasteiger partial charge >= 0.3 is 10.2 Å². The number of morpholine rings is 1. The molecule has 0 spiro atoms. The van der Waals surface area contributed by atoms with Crippen LogP contribution in [0.15, 0.2) is 60.4 Å². The van der Waals surface area contributed by atoms with Crippen molar-refractivity contribution >= 4 is 39.0 Å². The lowest BCUT2D eigenvalue weighted by Gasteiger charge is -2.27. The number of rotatable bonds is 6. The molecule has 1 saturated heterocycles. The van der Waals surface area contributed by atoms with Gasteiger partial charge in [0.25, 0.3) is 11.8 Å². The van der Waals surface area contributed by atoms with Crippen molar-refractivity contribution in [2.45, 2.75) is 0 Å². The number of hydrogen-bond acceptors (Lipinski definition) is 5. The lowest BCUT2D eigenvalue weighted by atomic mass is 10.1. The second kappa shape index (κ2) is 9.98. The number of aromatic nitrogens is 1. The molecule has 1 aliphatic rings. The smallest absolute Gasteiger partial charge is 0.307 e. The summed E-state index contributed by atoms with van der Waals surface area (Å²) in [6.07, 6.45) is 2.81. The molecular weight excluding hydrogens is 475 g/mol. The van der Waals surface area contributed by atoms with Crippen LogP contribution in [-0.2, 0) is 19.7 Å². The van der Waals surface area contributed by atoms with Gasteiger partial charge in [-0.3, -0.25) is 9.59 Å². The average molecular weight is 501 g/mol. The van der Waals surface area contributed by atoms with Crippen LogP contribution in [0.3, 0.4) is 0 Å². The predicted octanol–water partition coefficient (Wildman–Crippen LogP) is 2.06. The van der Waals surface area contributed by atoms with Crippen LogP contribution in [0.4, 0.5) is 4.39 Å². The van der Waals surface area contributed by atoms with E-state index >= 15 is 0 Å². The van der Waals surface area contributed by atoms with Crippen molar-refractivity contribution in [3.63, 3.8) is 0 Å². The highest BCUT2D eigenvalue weighted by molar-refractivity contribution is 7.87. The zero-order valence-electron chi connectivity index (χ0n) is 19.3. The molecule has 1 N–H and O–H groups in total. The first-order chi connectivity index (χ1) is 16.7. The Kier molecular flexibility index (Phi) is 7.01. The Hall–Kier alpha value is -3.54. The summed E-state index contributed by atoms with van der Waals surface area (Å²) in [5, 5.41) is 3.10. The molecule has 0 radical (unpaired) electrons. The fourth-order valence-electron chi connectivity index (χ4n) is 3.74.